The standard InChI is InChI=1S/C11H21N5O3/c1-2-7-18-10-13-9(16-12)14-11(15-10)19-8-5-3-4-6-17/h17H,2-8,12H2,1H3,(H,13,14,15,16). The van der Waals surface area contributed by atoms with E-state index in [4.69, 9.17) is 20.4 Å². The SMILES string of the molecule is CCCOc1nc(NN)nc(OCCCCCO)n1. The zero-order valence-corrected chi connectivity index (χ0v) is 11.1. The highest BCUT2D eigenvalue weighted by Gasteiger charge is 2.07. The second-order valence-corrected chi connectivity index (χ2v) is 3.85. The Labute approximate surface area is 112 Å². The monoisotopic (exact) mass is 271 g/mol. The molecule has 8 heteroatoms. The average molecular weight is 271 g/mol. The van der Waals surface area contributed by atoms with Gasteiger partial charge in [-0.3, -0.25) is 5.43 Å². The predicted octanol–water partition coefficient (Wildman–Crippen LogP) is 0.487. The van der Waals surface area contributed by atoms with Crippen LogP contribution in [0.15, 0.2) is 0 Å². The number of nitrogens with zero attached hydrogens (tertiary/aromatic N) is 3. The summed E-state index contributed by atoms with van der Waals surface area (Å²) in [7, 11) is 0. The molecular formula is C11H21N5O3. The first kappa shape index (κ1) is 15.4. The van der Waals surface area contributed by atoms with Gasteiger partial charge in [0.25, 0.3) is 0 Å². The maximum atomic E-state index is 8.66. The fourth-order valence-corrected chi connectivity index (χ4v) is 1.28. The van der Waals surface area contributed by atoms with Gasteiger partial charge in [-0.2, -0.15) is 9.97 Å². The third-order valence-corrected chi connectivity index (χ3v) is 2.19. The van der Waals surface area contributed by atoms with E-state index in [0.717, 1.165) is 25.7 Å². The van der Waals surface area contributed by atoms with Gasteiger partial charge in [0, 0.05) is 6.61 Å². The van der Waals surface area contributed by atoms with Crippen LogP contribution in [0.25, 0.3) is 0 Å². The van der Waals surface area contributed by atoms with Crippen LogP contribution in [0.5, 0.6) is 12.0 Å². The number of rotatable bonds is 10. The maximum absolute atomic E-state index is 8.66. The van der Waals surface area contributed by atoms with Crippen LogP contribution in [0.4, 0.5) is 5.95 Å². The Bertz CT molecular complexity index is 364. The van der Waals surface area contributed by atoms with Crippen molar-refractivity contribution in [3.8, 4) is 12.0 Å². The van der Waals surface area contributed by atoms with E-state index in [1.165, 1.54) is 0 Å². The van der Waals surface area contributed by atoms with Gasteiger partial charge < -0.3 is 14.6 Å². The van der Waals surface area contributed by atoms with Gasteiger partial charge in [-0.05, 0) is 25.7 Å². The quantitative estimate of drug-likeness (QED) is 0.320. The number of nitrogen functional groups attached to an aromatic ring is 1. The highest BCUT2D eigenvalue weighted by atomic mass is 16.5. The van der Waals surface area contributed by atoms with Crippen molar-refractivity contribution in [1.29, 1.82) is 0 Å². The van der Waals surface area contributed by atoms with Crippen molar-refractivity contribution < 1.29 is 14.6 Å². The number of aliphatic hydroxyl groups excluding tert-OH is 1. The number of ether oxygens (including phenoxy) is 2. The zero-order valence-electron chi connectivity index (χ0n) is 11.1. The Morgan fingerprint density at radius 1 is 1.05 bits per heavy atom. The van der Waals surface area contributed by atoms with Crippen molar-refractivity contribution in [2.75, 3.05) is 25.2 Å². The molecule has 0 saturated heterocycles. The molecule has 0 aliphatic rings. The summed E-state index contributed by atoms with van der Waals surface area (Å²) in [5.41, 5.74) is 2.34. The van der Waals surface area contributed by atoms with E-state index in [1.807, 2.05) is 6.92 Å². The number of nitrogens with two attached hydrogens (primary N) is 1. The van der Waals surface area contributed by atoms with Crippen LogP contribution in [-0.4, -0.2) is 39.9 Å². The lowest BCUT2D eigenvalue weighted by Gasteiger charge is -2.08. The van der Waals surface area contributed by atoms with E-state index in [1.54, 1.807) is 0 Å². The van der Waals surface area contributed by atoms with Crippen LogP contribution in [-0.2, 0) is 0 Å². The molecule has 0 aromatic carbocycles. The van der Waals surface area contributed by atoms with Crippen LogP contribution in [0, 0.1) is 0 Å². The van der Waals surface area contributed by atoms with E-state index in [2.05, 4.69) is 20.4 Å². The van der Waals surface area contributed by atoms with Crippen molar-refractivity contribution in [3.63, 3.8) is 0 Å². The molecule has 0 amide bonds. The number of nitrogens with one attached hydrogen (secondary N) is 1. The molecule has 0 aliphatic carbocycles. The number of hydrogen-bond acceptors (Lipinski definition) is 8. The van der Waals surface area contributed by atoms with E-state index >= 15 is 0 Å². The van der Waals surface area contributed by atoms with Crippen LogP contribution in [0.1, 0.15) is 32.6 Å². The Balaban J connectivity index is 2.50. The summed E-state index contributed by atoms with van der Waals surface area (Å²) >= 11 is 0. The van der Waals surface area contributed by atoms with Crippen LogP contribution in [0.3, 0.4) is 0 Å². The van der Waals surface area contributed by atoms with Gasteiger partial charge in [0.05, 0.1) is 13.2 Å². The fourth-order valence-electron chi connectivity index (χ4n) is 1.28. The normalized spacial score (nSPS) is 10.3. The smallest absolute Gasteiger partial charge is 0.324 e. The molecule has 1 heterocycles. The van der Waals surface area contributed by atoms with E-state index in [-0.39, 0.29) is 24.6 Å². The minimum Gasteiger partial charge on any atom is -0.463 e. The van der Waals surface area contributed by atoms with E-state index in [9.17, 15) is 0 Å². The number of aliphatic hydroxyl groups is 1. The number of aromatic nitrogens is 3. The Morgan fingerprint density at radius 3 is 2.32 bits per heavy atom. The van der Waals surface area contributed by atoms with Gasteiger partial charge in [0.1, 0.15) is 0 Å². The van der Waals surface area contributed by atoms with Gasteiger partial charge in [-0.1, -0.05) is 6.92 Å². The highest BCUT2D eigenvalue weighted by Crippen LogP contribution is 2.12. The zero-order chi connectivity index (χ0) is 13.9. The molecule has 4 N–H and O–H groups in total. The Morgan fingerprint density at radius 2 is 1.74 bits per heavy atom. The lowest BCUT2D eigenvalue weighted by molar-refractivity contribution is 0.247. The average Bonchev–Trinajstić information content (AvgIpc) is 2.44. The maximum Gasteiger partial charge on any atom is 0.324 e. The lowest BCUT2D eigenvalue weighted by Crippen LogP contribution is -2.14. The highest BCUT2D eigenvalue weighted by molar-refractivity contribution is 5.25. The number of hydrazine groups is 1. The van der Waals surface area contributed by atoms with Crippen LogP contribution >= 0.6 is 0 Å². The summed E-state index contributed by atoms with van der Waals surface area (Å²) < 4.78 is 10.7. The molecule has 0 radical (unpaired) electrons. The molecule has 1 rings (SSSR count). The second kappa shape index (κ2) is 9.29. The third-order valence-electron chi connectivity index (χ3n) is 2.19. The number of anilines is 1. The van der Waals surface area contributed by atoms with Gasteiger partial charge in [-0.15, -0.1) is 4.98 Å². The summed E-state index contributed by atoms with van der Waals surface area (Å²) in [4.78, 5) is 11.9. The summed E-state index contributed by atoms with van der Waals surface area (Å²) in [6.45, 7) is 3.18. The minimum absolute atomic E-state index is 0.179. The molecule has 1 aromatic heterocycles. The molecule has 8 nitrogen and oxygen atoms in total. The summed E-state index contributed by atoms with van der Waals surface area (Å²) in [5, 5.41) is 8.66. The van der Waals surface area contributed by atoms with Crippen molar-refractivity contribution >= 4 is 5.95 Å². The van der Waals surface area contributed by atoms with Gasteiger partial charge in [0.15, 0.2) is 0 Å². The molecule has 19 heavy (non-hydrogen) atoms. The summed E-state index contributed by atoms with van der Waals surface area (Å²) in [6.07, 6.45) is 3.33. The van der Waals surface area contributed by atoms with Gasteiger partial charge >= 0.3 is 12.0 Å². The topological polar surface area (TPSA) is 115 Å². The fraction of sp³-hybridized carbons (Fsp3) is 0.727. The third kappa shape index (κ3) is 6.16. The lowest BCUT2D eigenvalue weighted by atomic mass is 10.2. The molecule has 0 spiro atoms. The van der Waals surface area contributed by atoms with E-state index < -0.39 is 0 Å². The van der Waals surface area contributed by atoms with E-state index in [0.29, 0.717) is 13.2 Å². The molecule has 0 saturated carbocycles. The first-order valence-electron chi connectivity index (χ1n) is 6.39. The number of unbranched alkanes of at least 4 members (excludes halogenated alkanes) is 2. The molecule has 1 aromatic rings. The van der Waals surface area contributed by atoms with Crippen molar-refractivity contribution in [2.24, 2.45) is 5.84 Å². The summed E-state index contributed by atoms with van der Waals surface area (Å²) in [5.74, 6) is 5.47. The number of hydrogen-bond donors (Lipinski definition) is 3. The van der Waals surface area contributed by atoms with Gasteiger partial charge in [0.2, 0.25) is 5.95 Å². The van der Waals surface area contributed by atoms with Crippen molar-refractivity contribution in [1.82, 2.24) is 15.0 Å². The predicted molar refractivity (Wildman–Crippen MR) is 69.9 cm³/mol. The Hall–Kier alpha value is -1.67. The van der Waals surface area contributed by atoms with Crippen molar-refractivity contribution in [2.45, 2.75) is 32.6 Å². The minimum atomic E-state index is 0.179. The van der Waals surface area contributed by atoms with Crippen LogP contribution < -0.4 is 20.7 Å². The second-order valence-electron chi connectivity index (χ2n) is 3.85. The van der Waals surface area contributed by atoms with Gasteiger partial charge in [-0.25, -0.2) is 5.84 Å². The molecular weight excluding hydrogens is 250 g/mol. The molecule has 0 bridgehead atoms. The Kier molecular flexibility index (Phi) is 7.52. The largest absolute Gasteiger partial charge is 0.463 e. The molecule has 0 atom stereocenters. The molecule has 0 unspecified atom stereocenters. The van der Waals surface area contributed by atoms with Crippen LogP contribution in [0.2, 0.25) is 0 Å². The molecule has 108 valence electrons. The first-order chi connectivity index (χ1) is 9.30. The first-order valence-corrected chi connectivity index (χ1v) is 6.39. The molecule has 0 fully saturated rings. The molecule has 0 aliphatic heterocycles. The summed E-state index contributed by atoms with van der Waals surface area (Å²) in [6, 6.07) is 0.369. The van der Waals surface area contributed by atoms with Crippen molar-refractivity contribution in [3.05, 3.63) is 0 Å².